The van der Waals surface area contributed by atoms with Gasteiger partial charge in [0.1, 0.15) is 5.82 Å². The first-order valence-electron chi connectivity index (χ1n) is 4.50. The van der Waals surface area contributed by atoms with Crippen LogP contribution < -0.4 is 0 Å². The molecule has 1 N–H and O–H groups in total. The molecule has 1 heterocycles. The van der Waals surface area contributed by atoms with Gasteiger partial charge in [0.2, 0.25) is 0 Å². The SMILES string of the molecule is Fc1ccccc1CCc1[c]c[nH]n1. The highest BCUT2D eigenvalue weighted by Crippen LogP contribution is 2.09. The summed E-state index contributed by atoms with van der Waals surface area (Å²) in [6.07, 6.45) is 3.02. The monoisotopic (exact) mass is 189 g/mol. The topological polar surface area (TPSA) is 28.7 Å². The average Bonchev–Trinajstić information content (AvgIpc) is 2.69. The van der Waals surface area contributed by atoms with Crippen LogP contribution in [-0.4, -0.2) is 10.2 Å². The lowest BCUT2D eigenvalue weighted by Crippen LogP contribution is -1.94. The van der Waals surface area contributed by atoms with E-state index in [1.807, 2.05) is 6.07 Å². The molecule has 3 heteroatoms. The highest BCUT2D eigenvalue weighted by Gasteiger charge is 2.01. The number of nitrogens with zero attached hydrogens (tertiary/aromatic N) is 1. The Morgan fingerprint density at radius 1 is 1.29 bits per heavy atom. The minimum atomic E-state index is -0.150. The molecule has 0 aliphatic rings. The number of H-pyrrole nitrogens is 1. The van der Waals surface area contributed by atoms with E-state index in [1.165, 1.54) is 6.07 Å². The predicted molar refractivity (Wildman–Crippen MR) is 51.2 cm³/mol. The van der Waals surface area contributed by atoms with Gasteiger partial charge in [-0.25, -0.2) is 4.39 Å². The fourth-order valence-corrected chi connectivity index (χ4v) is 1.34. The van der Waals surface area contributed by atoms with Gasteiger partial charge in [0.15, 0.2) is 0 Å². The molecular weight excluding hydrogens is 179 g/mol. The highest BCUT2D eigenvalue weighted by atomic mass is 19.1. The lowest BCUT2D eigenvalue weighted by atomic mass is 10.1. The Morgan fingerprint density at radius 2 is 2.14 bits per heavy atom. The maximum atomic E-state index is 13.2. The zero-order valence-corrected chi connectivity index (χ0v) is 7.63. The van der Waals surface area contributed by atoms with Gasteiger partial charge in [-0.3, -0.25) is 5.10 Å². The summed E-state index contributed by atoms with van der Waals surface area (Å²) in [5.41, 5.74) is 1.57. The molecule has 0 amide bonds. The lowest BCUT2D eigenvalue weighted by molar-refractivity contribution is 0.608. The molecule has 1 aromatic carbocycles. The van der Waals surface area contributed by atoms with E-state index in [9.17, 15) is 4.39 Å². The quantitative estimate of drug-likeness (QED) is 0.787. The molecule has 14 heavy (non-hydrogen) atoms. The van der Waals surface area contributed by atoms with Crippen LogP contribution in [0.4, 0.5) is 4.39 Å². The van der Waals surface area contributed by atoms with Crippen molar-refractivity contribution in [1.29, 1.82) is 0 Å². The van der Waals surface area contributed by atoms with Crippen molar-refractivity contribution in [2.24, 2.45) is 0 Å². The smallest absolute Gasteiger partial charge is 0.126 e. The second kappa shape index (κ2) is 4.05. The maximum Gasteiger partial charge on any atom is 0.126 e. The Labute approximate surface area is 81.8 Å². The lowest BCUT2D eigenvalue weighted by Gasteiger charge is -2.00. The molecule has 0 aliphatic carbocycles. The summed E-state index contributed by atoms with van der Waals surface area (Å²) in [5.74, 6) is -0.150. The summed E-state index contributed by atoms with van der Waals surface area (Å²) in [4.78, 5) is 0. The van der Waals surface area contributed by atoms with Gasteiger partial charge in [0, 0.05) is 12.3 Å². The Hall–Kier alpha value is -1.64. The molecule has 0 aliphatic heterocycles. The number of aromatic nitrogens is 2. The molecule has 2 nitrogen and oxygen atoms in total. The van der Waals surface area contributed by atoms with Gasteiger partial charge < -0.3 is 0 Å². The molecular formula is C11H10FN2. The van der Waals surface area contributed by atoms with E-state index in [-0.39, 0.29) is 5.82 Å². The van der Waals surface area contributed by atoms with Gasteiger partial charge in [0.25, 0.3) is 0 Å². The molecule has 0 spiro atoms. The number of halogens is 1. The van der Waals surface area contributed by atoms with Crippen molar-refractivity contribution in [1.82, 2.24) is 10.2 Å². The van der Waals surface area contributed by atoms with Crippen LogP contribution in [0.3, 0.4) is 0 Å². The van der Waals surface area contributed by atoms with E-state index < -0.39 is 0 Å². The predicted octanol–water partition coefficient (Wildman–Crippen LogP) is 2.13. The normalized spacial score (nSPS) is 10.4. The Morgan fingerprint density at radius 3 is 2.86 bits per heavy atom. The number of nitrogens with one attached hydrogen (secondary N) is 1. The summed E-state index contributed by atoms with van der Waals surface area (Å²) in [6, 6.07) is 9.74. The van der Waals surface area contributed by atoms with E-state index in [2.05, 4.69) is 16.3 Å². The van der Waals surface area contributed by atoms with Crippen LogP contribution in [0.2, 0.25) is 0 Å². The summed E-state index contributed by atoms with van der Waals surface area (Å²) in [5, 5.41) is 6.64. The number of hydrogen-bond acceptors (Lipinski definition) is 1. The van der Waals surface area contributed by atoms with Gasteiger partial charge in [-0.15, -0.1) is 0 Å². The second-order valence-electron chi connectivity index (χ2n) is 3.07. The van der Waals surface area contributed by atoms with Crippen LogP contribution in [0.15, 0.2) is 30.5 Å². The molecule has 71 valence electrons. The molecule has 0 fully saturated rings. The van der Waals surface area contributed by atoms with E-state index in [0.29, 0.717) is 12.8 Å². The summed E-state index contributed by atoms with van der Waals surface area (Å²) < 4.78 is 13.2. The van der Waals surface area contributed by atoms with Crippen LogP contribution in [-0.2, 0) is 12.8 Å². The Balaban J connectivity index is 2.02. The molecule has 2 rings (SSSR count). The van der Waals surface area contributed by atoms with Crippen LogP contribution in [0.1, 0.15) is 11.3 Å². The number of aromatic amines is 1. The van der Waals surface area contributed by atoms with Crippen molar-refractivity contribution in [3.05, 3.63) is 53.6 Å². The molecule has 0 atom stereocenters. The number of aryl methyl sites for hydroxylation is 2. The average molecular weight is 189 g/mol. The third-order valence-corrected chi connectivity index (χ3v) is 2.09. The second-order valence-corrected chi connectivity index (χ2v) is 3.07. The highest BCUT2D eigenvalue weighted by molar-refractivity contribution is 5.18. The first kappa shape index (κ1) is 8.94. The molecule has 0 unspecified atom stereocenters. The summed E-state index contributed by atoms with van der Waals surface area (Å²) in [7, 11) is 0. The third kappa shape index (κ3) is 1.99. The fourth-order valence-electron chi connectivity index (χ4n) is 1.34. The zero-order chi connectivity index (χ0) is 9.80. The van der Waals surface area contributed by atoms with Crippen LogP contribution in [0, 0.1) is 11.9 Å². The summed E-state index contributed by atoms with van der Waals surface area (Å²) in [6.45, 7) is 0. The van der Waals surface area contributed by atoms with Gasteiger partial charge >= 0.3 is 0 Å². The van der Waals surface area contributed by atoms with Crippen molar-refractivity contribution in [3.8, 4) is 0 Å². The van der Waals surface area contributed by atoms with Crippen molar-refractivity contribution in [2.75, 3.05) is 0 Å². The van der Waals surface area contributed by atoms with Gasteiger partial charge in [-0.2, -0.15) is 5.10 Å². The fraction of sp³-hybridized carbons (Fsp3) is 0.182. The molecule has 1 radical (unpaired) electrons. The first-order chi connectivity index (χ1) is 6.86. The number of hydrogen-bond donors (Lipinski definition) is 1. The third-order valence-electron chi connectivity index (χ3n) is 2.09. The van der Waals surface area contributed by atoms with Crippen molar-refractivity contribution < 1.29 is 4.39 Å². The number of benzene rings is 1. The Bertz CT molecular complexity index is 395. The van der Waals surface area contributed by atoms with E-state index in [1.54, 1.807) is 18.3 Å². The van der Waals surface area contributed by atoms with Crippen molar-refractivity contribution >= 4 is 0 Å². The molecule has 0 saturated heterocycles. The Kier molecular flexibility index (Phi) is 2.58. The minimum Gasteiger partial charge on any atom is -0.285 e. The van der Waals surface area contributed by atoms with Gasteiger partial charge in [0.05, 0.1) is 5.69 Å². The molecule has 2 aromatic rings. The molecule has 0 bridgehead atoms. The summed E-state index contributed by atoms with van der Waals surface area (Å²) >= 11 is 0. The number of rotatable bonds is 3. The van der Waals surface area contributed by atoms with E-state index in [0.717, 1.165) is 11.3 Å². The van der Waals surface area contributed by atoms with Gasteiger partial charge in [-0.05, 0) is 24.5 Å². The van der Waals surface area contributed by atoms with Crippen molar-refractivity contribution in [3.63, 3.8) is 0 Å². The first-order valence-corrected chi connectivity index (χ1v) is 4.50. The largest absolute Gasteiger partial charge is 0.285 e. The van der Waals surface area contributed by atoms with Gasteiger partial charge in [-0.1, -0.05) is 18.2 Å². The molecule has 1 aromatic heterocycles. The van der Waals surface area contributed by atoms with Crippen molar-refractivity contribution in [2.45, 2.75) is 12.8 Å². The van der Waals surface area contributed by atoms with Crippen LogP contribution in [0.5, 0.6) is 0 Å². The van der Waals surface area contributed by atoms with E-state index in [4.69, 9.17) is 0 Å². The maximum absolute atomic E-state index is 13.2. The standard InChI is InChI=1S/C11H10FN2/c12-11-4-2-1-3-9(11)5-6-10-7-8-13-14-10/h1-4,8H,5-6H2,(H,13,14). The van der Waals surface area contributed by atoms with Crippen LogP contribution >= 0.6 is 0 Å². The molecule has 0 saturated carbocycles. The zero-order valence-electron chi connectivity index (χ0n) is 7.63. The van der Waals surface area contributed by atoms with Crippen LogP contribution in [0.25, 0.3) is 0 Å². The van der Waals surface area contributed by atoms with E-state index >= 15 is 0 Å². The minimum absolute atomic E-state index is 0.150.